The number of aliphatic imine (C=N–C) groups is 2. The van der Waals surface area contributed by atoms with Crippen molar-refractivity contribution in [2.24, 2.45) is 15.9 Å². The lowest BCUT2D eigenvalue weighted by Gasteiger charge is -2.03. The van der Waals surface area contributed by atoms with Gasteiger partial charge in [0.25, 0.3) is 0 Å². The van der Waals surface area contributed by atoms with Gasteiger partial charge in [-0.1, -0.05) is 0 Å². The van der Waals surface area contributed by atoms with Gasteiger partial charge in [0.05, 0.1) is 0 Å². The van der Waals surface area contributed by atoms with E-state index >= 15 is 0 Å². The summed E-state index contributed by atoms with van der Waals surface area (Å²) in [7, 11) is 0. The molecule has 1 aliphatic rings. The molecule has 1 heterocycles. The molecule has 3 heteroatoms. The molecule has 0 aromatic carbocycles. The lowest BCUT2D eigenvalue weighted by Crippen LogP contribution is -2.01. The van der Waals surface area contributed by atoms with Crippen molar-refractivity contribution in [2.45, 2.75) is 19.8 Å². The van der Waals surface area contributed by atoms with Crippen LogP contribution in [0.4, 0.5) is 0 Å². The Morgan fingerprint density at radius 1 is 1.67 bits per heavy atom. The summed E-state index contributed by atoms with van der Waals surface area (Å²) in [6, 6.07) is 0. The lowest BCUT2D eigenvalue weighted by molar-refractivity contribution is 0.184. The molecule has 1 unspecified atom stereocenters. The fraction of sp³-hybridized carbons (Fsp3) is 0.778. The van der Waals surface area contributed by atoms with E-state index in [4.69, 9.17) is 4.74 Å². The van der Waals surface area contributed by atoms with Crippen molar-refractivity contribution in [3.63, 3.8) is 0 Å². The van der Waals surface area contributed by atoms with Gasteiger partial charge in [0.1, 0.15) is 5.84 Å². The third kappa shape index (κ3) is 3.13. The molecule has 12 heavy (non-hydrogen) atoms. The number of rotatable bonds is 3. The first kappa shape index (κ1) is 9.39. The van der Waals surface area contributed by atoms with Crippen LogP contribution in [-0.4, -0.2) is 32.3 Å². The van der Waals surface area contributed by atoms with E-state index in [1.807, 2.05) is 6.92 Å². The number of ether oxygens (including phenoxy) is 1. The maximum atomic E-state index is 5.26. The Hall–Kier alpha value is -0.700. The quantitative estimate of drug-likeness (QED) is 0.465. The molecule has 1 atom stereocenters. The van der Waals surface area contributed by atoms with Gasteiger partial charge in [-0.05, 0) is 32.4 Å². The maximum Gasteiger partial charge on any atom is 0.119 e. The minimum atomic E-state index is 0.714. The predicted molar refractivity (Wildman–Crippen MR) is 51.1 cm³/mol. The largest absolute Gasteiger partial charge is 0.381 e. The Morgan fingerprint density at radius 3 is 3.08 bits per heavy atom. The monoisotopic (exact) mass is 168 g/mol. The number of hydrogen-bond donors (Lipinski definition) is 0. The Kier molecular flexibility index (Phi) is 3.94. The molecule has 1 aliphatic heterocycles. The molecular weight excluding hydrogens is 152 g/mol. The third-order valence-corrected chi connectivity index (χ3v) is 2.13. The zero-order chi connectivity index (χ0) is 8.81. The van der Waals surface area contributed by atoms with Crippen LogP contribution < -0.4 is 0 Å². The van der Waals surface area contributed by atoms with Crippen LogP contribution in [0.25, 0.3) is 0 Å². The molecule has 0 saturated carbocycles. The van der Waals surface area contributed by atoms with Crippen molar-refractivity contribution < 1.29 is 4.74 Å². The highest BCUT2D eigenvalue weighted by atomic mass is 16.5. The fourth-order valence-electron chi connectivity index (χ4n) is 1.27. The molecule has 0 aromatic heterocycles. The van der Waals surface area contributed by atoms with Crippen molar-refractivity contribution in [1.82, 2.24) is 0 Å². The maximum absolute atomic E-state index is 5.26. The van der Waals surface area contributed by atoms with Crippen LogP contribution in [0.3, 0.4) is 0 Å². The Morgan fingerprint density at radius 2 is 2.50 bits per heavy atom. The summed E-state index contributed by atoms with van der Waals surface area (Å²) in [5, 5.41) is 0. The first-order chi connectivity index (χ1) is 5.83. The van der Waals surface area contributed by atoms with Crippen LogP contribution in [0.5, 0.6) is 0 Å². The molecule has 0 spiro atoms. The molecule has 1 fully saturated rings. The smallest absolute Gasteiger partial charge is 0.119 e. The second-order valence-electron chi connectivity index (χ2n) is 3.11. The van der Waals surface area contributed by atoms with Gasteiger partial charge in [0.15, 0.2) is 0 Å². The molecule has 3 nitrogen and oxygen atoms in total. The van der Waals surface area contributed by atoms with Crippen molar-refractivity contribution in [3.05, 3.63) is 0 Å². The topological polar surface area (TPSA) is 34.0 Å². The van der Waals surface area contributed by atoms with Crippen LogP contribution >= 0.6 is 0 Å². The van der Waals surface area contributed by atoms with Gasteiger partial charge in [-0.25, -0.2) is 4.99 Å². The summed E-state index contributed by atoms with van der Waals surface area (Å²) >= 11 is 0. The van der Waals surface area contributed by atoms with E-state index in [9.17, 15) is 0 Å². The van der Waals surface area contributed by atoms with E-state index in [2.05, 4.69) is 16.7 Å². The van der Waals surface area contributed by atoms with Gasteiger partial charge in [-0.15, -0.1) is 0 Å². The van der Waals surface area contributed by atoms with Crippen molar-refractivity contribution in [3.8, 4) is 0 Å². The Labute approximate surface area is 73.6 Å². The fourth-order valence-corrected chi connectivity index (χ4v) is 1.27. The molecule has 1 saturated heterocycles. The molecule has 0 bridgehead atoms. The van der Waals surface area contributed by atoms with E-state index in [0.29, 0.717) is 5.92 Å². The molecule has 0 aliphatic carbocycles. The number of amidine groups is 1. The Bertz CT molecular complexity index is 171. The number of hydrogen-bond acceptors (Lipinski definition) is 2. The van der Waals surface area contributed by atoms with Gasteiger partial charge in [-0.2, -0.15) is 0 Å². The summed E-state index contributed by atoms with van der Waals surface area (Å²) < 4.78 is 5.26. The van der Waals surface area contributed by atoms with Gasteiger partial charge in [0.2, 0.25) is 0 Å². The van der Waals surface area contributed by atoms with Crippen molar-refractivity contribution >= 4 is 12.6 Å². The first-order valence-electron chi connectivity index (χ1n) is 4.38. The van der Waals surface area contributed by atoms with Crippen LogP contribution in [0.15, 0.2) is 9.98 Å². The van der Waals surface area contributed by atoms with Crippen molar-refractivity contribution in [1.29, 1.82) is 0 Å². The van der Waals surface area contributed by atoms with E-state index in [-0.39, 0.29) is 0 Å². The van der Waals surface area contributed by atoms with Gasteiger partial charge < -0.3 is 4.74 Å². The molecule has 1 rings (SSSR count). The van der Waals surface area contributed by atoms with Gasteiger partial charge in [-0.3, -0.25) is 4.99 Å². The average molecular weight is 168 g/mol. The van der Waals surface area contributed by atoms with Gasteiger partial charge in [0, 0.05) is 19.8 Å². The molecule has 0 radical (unpaired) electrons. The summed E-state index contributed by atoms with van der Waals surface area (Å²) in [6.45, 7) is 7.98. The zero-order valence-corrected chi connectivity index (χ0v) is 7.62. The van der Waals surface area contributed by atoms with Crippen LogP contribution in [0.1, 0.15) is 19.8 Å². The van der Waals surface area contributed by atoms with E-state index in [1.54, 1.807) is 0 Å². The summed E-state index contributed by atoms with van der Waals surface area (Å²) in [5.74, 6) is 1.50. The highest BCUT2D eigenvalue weighted by Crippen LogP contribution is 2.15. The zero-order valence-electron chi connectivity index (χ0n) is 7.62. The normalized spacial score (nSPS) is 24.4. The average Bonchev–Trinajstić information content (AvgIpc) is 2.57. The molecule has 68 valence electrons. The van der Waals surface area contributed by atoms with Crippen LogP contribution in [-0.2, 0) is 4.74 Å². The van der Waals surface area contributed by atoms with Crippen LogP contribution in [0.2, 0.25) is 0 Å². The molecule has 0 aromatic rings. The molecule has 0 amide bonds. The minimum Gasteiger partial charge on any atom is -0.381 e. The number of nitrogens with zero attached hydrogens (tertiary/aromatic N) is 2. The van der Waals surface area contributed by atoms with Crippen LogP contribution in [0, 0.1) is 5.92 Å². The Balaban J connectivity index is 2.12. The van der Waals surface area contributed by atoms with E-state index in [0.717, 1.165) is 32.0 Å². The van der Waals surface area contributed by atoms with E-state index < -0.39 is 0 Å². The van der Waals surface area contributed by atoms with Gasteiger partial charge >= 0.3 is 0 Å². The summed E-state index contributed by atoms with van der Waals surface area (Å²) in [4.78, 5) is 7.96. The highest BCUT2D eigenvalue weighted by molar-refractivity contribution is 5.83. The standard InChI is InChI=1S/C9H16N2O/c1-8(10-2)11-5-3-9-4-6-12-7-9/h9H,2-7H2,1H3. The second-order valence-corrected chi connectivity index (χ2v) is 3.11. The molecular formula is C9H16N2O. The highest BCUT2D eigenvalue weighted by Gasteiger charge is 2.14. The molecule has 0 N–H and O–H groups in total. The lowest BCUT2D eigenvalue weighted by atomic mass is 10.1. The summed E-state index contributed by atoms with van der Waals surface area (Å²) in [6.07, 6.45) is 2.31. The second kappa shape index (κ2) is 5.04. The summed E-state index contributed by atoms with van der Waals surface area (Å²) in [5.41, 5.74) is 0. The first-order valence-corrected chi connectivity index (χ1v) is 4.38. The van der Waals surface area contributed by atoms with E-state index in [1.165, 1.54) is 6.42 Å². The van der Waals surface area contributed by atoms with Crippen molar-refractivity contribution in [2.75, 3.05) is 19.8 Å². The predicted octanol–water partition coefficient (Wildman–Crippen LogP) is 1.53. The minimum absolute atomic E-state index is 0.714. The SMILES string of the molecule is C=NC(C)=NCCC1CCOC1. The third-order valence-electron chi connectivity index (χ3n) is 2.13.